The SMILES string of the molecule is O=C(c1ccccc1)N1CCCNCCN(C(=O)c2ccccc2)Cc2cccc(n2)C1. The van der Waals surface area contributed by atoms with Crippen molar-refractivity contribution < 1.29 is 9.59 Å². The van der Waals surface area contributed by atoms with E-state index in [1.165, 1.54) is 0 Å². The lowest BCUT2D eigenvalue weighted by molar-refractivity contribution is 0.0732. The van der Waals surface area contributed by atoms with Gasteiger partial charge in [0.15, 0.2) is 0 Å². The van der Waals surface area contributed by atoms with E-state index in [1.807, 2.05) is 88.7 Å². The molecule has 0 atom stereocenters. The number of amides is 2. The van der Waals surface area contributed by atoms with Gasteiger partial charge in [0.2, 0.25) is 0 Å². The molecule has 0 saturated carbocycles. The Labute approximate surface area is 188 Å². The van der Waals surface area contributed by atoms with Gasteiger partial charge in [-0.05, 0) is 49.4 Å². The second kappa shape index (κ2) is 10.7. The van der Waals surface area contributed by atoms with Crippen molar-refractivity contribution >= 4 is 11.8 Å². The highest BCUT2D eigenvalue weighted by molar-refractivity contribution is 5.94. The molecule has 1 aromatic heterocycles. The van der Waals surface area contributed by atoms with Gasteiger partial charge in [0.05, 0.1) is 24.5 Å². The molecule has 6 heteroatoms. The lowest BCUT2D eigenvalue weighted by Gasteiger charge is -2.23. The van der Waals surface area contributed by atoms with E-state index < -0.39 is 0 Å². The van der Waals surface area contributed by atoms with Crippen LogP contribution in [0.25, 0.3) is 0 Å². The molecule has 2 aromatic carbocycles. The minimum atomic E-state index is -0.00430. The summed E-state index contributed by atoms with van der Waals surface area (Å²) in [5, 5.41) is 3.41. The lowest BCUT2D eigenvalue weighted by Crippen LogP contribution is -2.37. The summed E-state index contributed by atoms with van der Waals surface area (Å²) in [5.41, 5.74) is 3.00. The molecule has 0 radical (unpaired) electrons. The Balaban J connectivity index is 1.56. The number of carbonyl (C=O) groups excluding carboxylic acids is 2. The number of nitrogens with zero attached hydrogens (tertiary/aromatic N) is 3. The van der Waals surface area contributed by atoms with Gasteiger partial charge < -0.3 is 15.1 Å². The third-order valence-corrected chi connectivity index (χ3v) is 5.53. The van der Waals surface area contributed by atoms with Crippen LogP contribution in [0.15, 0.2) is 78.9 Å². The summed E-state index contributed by atoms with van der Waals surface area (Å²) in [5.74, 6) is 0.00362. The average molecular weight is 429 g/mol. The molecule has 2 amide bonds. The molecule has 2 heterocycles. The van der Waals surface area contributed by atoms with E-state index in [0.29, 0.717) is 43.9 Å². The molecule has 4 rings (SSSR count). The van der Waals surface area contributed by atoms with Crippen molar-refractivity contribution in [3.63, 3.8) is 0 Å². The first-order valence-electron chi connectivity index (χ1n) is 11.0. The van der Waals surface area contributed by atoms with Crippen molar-refractivity contribution in [2.75, 3.05) is 26.2 Å². The summed E-state index contributed by atoms with van der Waals surface area (Å²) in [6.07, 6.45) is 0.824. The first-order valence-corrected chi connectivity index (χ1v) is 11.0. The van der Waals surface area contributed by atoms with Gasteiger partial charge in [0.1, 0.15) is 0 Å². The normalized spacial score (nSPS) is 15.2. The topological polar surface area (TPSA) is 65.5 Å². The number of rotatable bonds is 2. The second-order valence-corrected chi connectivity index (χ2v) is 7.91. The smallest absolute Gasteiger partial charge is 0.254 e. The Morgan fingerprint density at radius 3 is 1.75 bits per heavy atom. The number of nitrogens with one attached hydrogen (secondary N) is 1. The molecule has 1 aliphatic heterocycles. The zero-order valence-electron chi connectivity index (χ0n) is 18.1. The molecule has 0 spiro atoms. The number of carbonyl (C=O) groups is 2. The summed E-state index contributed by atoms with van der Waals surface area (Å²) >= 11 is 0. The van der Waals surface area contributed by atoms with E-state index >= 15 is 0 Å². The molecule has 2 bridgehead atoms. The van der Waals surface area contributed by atoms with Gasteiger partial charge in [-0.25, -0.2) is 0 Å². The molecule has 6 nitrogen and oxygen atoms in total. The van der Waals surface area contributed by atoms with E-state index in [1.54, 1.807) is 0 Å². The Morgan fingerprint density at radius 2 is 1.19 bits per heavy atom. The molecular weight excluding hydrogens is 400 g/mol. The minimum Gasteiger partial charge on any atom is -0.333 e. The number of pyridine rings is 1. The van der Waals surface area contributed by atoms with Crippen LogP contribution in [0, 0.1) is 0 Å². The standard InChI is InChI=1S/C26H28N4O2/c31-25(21-9-3-1-4-10-21)29-17-8-15-27-16-18-30(26(32)22-11-5-2-6-12-22)20-24-14-7-13-23(19-29)28-24/h1-7,9-14,27H,8,15-20H2. The van der Waals surface area contributed by atoms with Crippen LogP contribution in [0.1, 0.15) is 38.5 Å². The molecule has 32 heavy (non-hydrogen) atoms. The number of hydrogen-bond acceptors (Lipinski definition) is 4. The van der Waals surface area contributed by atoms with Gasteiger partial charge in [-0.2, -0.15) is 0 Å². The molecule has 0 unspecified atom stereocenters. The van der Waals surface area contributed by atoms with E-state index in [-0.39, 0.29) is 11.8 Å². The van der Waals surface area contributed by atoms with Crippen LogP contribution in [0.2, 0.25) is 0 Å². The predicted octanol–water partition coefficient (Wildman–Crippen LogP) is 3.36. The van der Waals surface area contributed by atoms with E-state index in [4.69, 9.17) is 4.98 Å². The molecule has 0 fully saturated rings. The third kappa shape index (κ3) is 5.59. The Hall–Kier alpha value is -3.51. The zero-order valence-corrected chi connectivity index (χ0v) is 18.1. The molecule has 164 valence electrons. The van der Waals surface area contributed by atoms with Gasteiger partial charge in [0, 0.05) is 30.8 Å². The highest BCUT2D eigenvalue weighted by Crippen LogP contribution is 2.13. The minimum absolute atomic E-state index is 0.00430. The summed E-state index contributed by atoms with van der Waals surface area (Å²) in [7, 11) is 0. The van der Waals surface area contributed by atoms with Crippen molar-refractivity contribution in [2.24, 2.45) is 0 Å². The van der Waals surface area contributed by atoms with Crippen LogP contribution in [0.3, 0.4) is 0 Å². The number of hydrogen-bond donors (Lipinski definition) is 1. The van der Waals surface area contributed by atoms with Crippen LogP contribution in [-0.2, 0) is 13.1 Å². The highest BCUT2D eigenvalue weighted by atomic mass is 16.2. The van der Waals surface area contributed by atoms with Gasteiger partial charge in [0.25, 0.3) is 11.8 Å². The van der Waals surface area contributed by atoms with E-state index in [9.17, 15) is 9.59 Å². The van der Waals surface area contributed by atoms with Gasteiger partial charge in [-0.15, -0.1) is 0 Å². The van der Waals surface area contributed by atoms with Crippen molar-refractivity contribution in [3.8, 4) is 0 Å². The summed E-state index contributed by atoms with van der Waals surface area (Å²) in [4.78, 5) is 34.7. The maximum Gasteiger partial charge on any atom is 0.254 e. The Bertz CT molecular complexity index is 959. The second-order valence-electron chi connectivity index (χ2n) is 7.91. The zero-order chi connectivity index (χ0) is 22.2. The third-order valence-electron chi connectivity index (χ3n) is 5.53. The van der Waals surface area contributed by atoms with Crippen molar-refractivity contribution in [1.29, 1.82) is 0 Å². The van der Waals surface area contributed by atoms with E-state index in [2.05, 4.69) is 5.32 Å². The fraction of sp³-hybridized carbons (Fsp3) is 0.269. The van der Waals surface area contributed by atoms with Crippen molar-refractivity contribution in [3.05, 3.63) is 101 Å². The summed E-state index contributed by atoms with van der Waals surface area (Å²) in [6, 6.07) is 24.5. The Morgan fingerprint density at radius 1 is 0.656 bits per heavy atom. The maximum atomic E-state index is 13.1. The number of aromatic nitrogens is 1. The fourth-order valence-corrected chi connectivity index (χ4v) is 3.86. The maximum absolute atomic E-state index is 13.1. The quantitative estimate of drug-likeness (QED) is 0.680. The van der Waals surface area contributed by atoms with Gasteiger partial charge in [-0.1, -0.05) is 42.5 Å². The van der Waals surface area contributed by atoms with E-state index in [0.717, 1.165) is 24.4 Å². The van der Waals surface area contributed by atoms with Crippen LogP contribution in [0.4, 0.5) is 0 Å². The first-order chi connectivity index (χ1) is 15.7. The highest BCUT2D eigenvalue weighted by Gasteiger charge is 2.19. The molecule has 1 N–H and O–H groups in total. The Kier molecular flexibility index (Phi) is 7.25. The van der Waals surface area contributed by atoms with Crippen LogP contribution in [-0.4, -0.2) is 52.8 Å². The van der Waals surface area contributed by atoms with Crippen LogP contribution >= 0.6 is 0 Å². The largest absolute Gasteiger partial charge is 0.333 e. The number of fused-ring (bicyclic) bond motifs is 2. The molecule has 0 aliphatic carbocycles. The molecule has 1 aliphatic rings. The van der Waals surface area contributed by atoms with Crippen LogP contribution in [0.5, 0.6) is 0 Å². The lowest BCUT2D eigenvalue weighted by atomic mass is 10.1. The van der Waals surface area contributed by atoms with Crippen LogP contribution < -0.4 is 5.32 Å². The first kappa shape index (κ1) is 21.7. The summed E-state index contributed by atoms with van der Waals surface area (Å²) < 4.78 is 0. The van der Waals surface area contributed by atoms with Crippen molar-refractivity contribution in [1.82, 2.24) is 20.1 Å². The van der Waals surface area contributed by atoms with Gasteiger partial charge in [-0.3, -0.25) is 14.6 Å². The average Bonchev–Trinajstić information content (AvgIpc) is 2.85. The van der Waals surface area contributed by atoms with Gasteiger partial charge >= 0.3 is 0 Å². The molecule has 0 saturated heterocycles. The number of benzene rings is 2. The summed E-state index contributed by atoms with van der Waals surface area (Å²) in [6.45, 7) is 3.55. The molecular formula is C26H28N4O2. The molecule has 3 aromatic rings. The predicted molar refractivity (Wildman–Crippen MR) is 124 cm³/mol. The fourth-order valence-electron chi connectivity index (χ4n) is 3.86. The monoisotopic (exact) mass is 428 g/mol. The van der Waals surface area contributed by atoms with Crippen molar-refractivity contribution in [2.45, 2.75) is 19.5 Å².